The molecule has 1 aromatic carbocycles. The number of benzene rings is 1. The van der Waals surface area contributed by atoms with E-state index in [1.165, 1.54) is 0 Å². The van der Waals surface area contributed by atoms with Crippen molar-refractivity contribution in [3.05, 3.63) is 46.6 Å². The Morgan fingerprint density at radius 3 is 3.13 bits per heavy atom. The lowest BCUT2D eigenvalue weighted by molar-refractivity contribution is 0.0950. The van der Waals surface area contributed by atoms with Crippen LogP contribution < -0.4 is 19.5 Å². The van der Waals surface area contributed by atoms with Gasteiger partial charge in [-0.1, -0.05) is 17.7 Å². The van der Waals surface area contributed by atoms with Crippen LogP contribution in [0.15, 0.2) is 30.5 Å². The molecule has 120 valence electrons. The third-order valence-electron chi connectivity index (χ3n) is 3.26. The molecule has 1 N–H and O–H groups in total. The summed E-state index contributed by atoms with van der Waals surface area (Å²) >= 11 is 6.09. The van der Waals surface area contributed by atoms with E-state index in [9.17, 15) is 4.79 Å². The molecule has 0 saturated carbocycles. The minimum Gasteiger partial charge on any atom is -0.478 e. The van der Waals surface area contributed by atoms with Gasteiger partial charge in [-0.15, -0.1) is 0 Å². The number of aromatic nitrogens is 1. The molecule has 7 heteroatoms. The topological polar surface area (TPSA) is 69.7 Å². The first kappa shape index (κ1) is 15.4. The van der Waals surface area contributed by atoms with Crippen LogP contribution in [0.2, 0.25) is 5.02 Å². The third-order valence-corrected chi connectivity index (χ3v) is 3.54. The predicted octanol–water partition coefficient (Wildman–Crippen LogP) is 2.79. The number of rotatable bonds is 5. The van der Waals surface area contributed by atoms with Gasteiger partial charge in [0.25, 0.3) is 5.91 Å². The number of halogens is 1. The standard InChI is InChI=1S/C16H15ClN2O4/c1-2-21-16-10(4-3-5-18-16)8-19-15(20)11-6-12(17)14-13(7-11)22-9-23-14/h3-7H,2,8-9H2,1H3,(H,19,20). The molecule has 1 aromatic heterocycles. The quantitative estimate of drug-likeness (QED) is 0.910. The smallest absolute Gasteiger partial charge is 0.251 e. The lowest BCUT2D eigenvalue weighted by Crippen LogP contribution is -2.23. The van der Waals surface area contributed by atoms with Crippen molar-refractivity contribution >= 4 is 17.5 Å². The van der Waals surface area contributed by atoms with Gasteiger partial charge >= 0.3 is 0 Å². The lowest BCUT2D eigenvalue weighted by atomic mass is 10.2. The van der Waals surface area contributed by atoms with E-state index in [2.05, 4.69) is 10.3 Å². The van der Waals surface area contributed by atoms with Gasteiger partial charge in [-0.2, -0.15) is 0 Å². The van der Waals surface area contributed by atoms with E-state index < -0.39 is 0 Å². The molecule has 2 heterocycles. The van der Waals surface area contributed by atoms with E-state index in [4.69, 9.17) is 25.8 Å². The summed E-state index contributed by atoms with van der Waals surface area (Å²) in [6.07, 6.45) is 1.65. The maximum atomic E-state index is 12.3. The summed E-state index contributed by atoms with van der Waals surface area (Å²) in [6, 6.07) is 6.81. The molecule has 1 aliphatic heterocycles. The summed E-state index contributed by atoms with van der Waals surface area (Å²) in [7, 11) is 0. The van der Waals surface area contributed by atoms with Crippen LogP contribution in [0, 0.1) is 0 Å². The van der Waals surface area contributed by atoms with Crippen LogP contribution in [0.4, 0.5) is 0 Å². The molecule has 0 atom stereocenters. The molecule has 0 saturated heterocycles. The second-order valence-corrected chi connectivity index (χ2v) is 5.18. The van der Waals surface area contributed by atoms with E-state index in [1.54, 1.807) is 24.4 Å². The molecule has 0 unspecified atom stereocenters. The third kappa shape index (κ3) is 3.32. The van der Waals surface area contributed by atoms with Gasteiger partial charge in [0, 0.05) is 23.9 Å². The van der Waals surface area contributed by atoms with Crippen molar-refractivity contribution in [2.24, 2.45) is 0 Å². The number of carbonyl (C=O) groups excluding carboxylic acids is 1. The Morgan fingerprint density at radius 2 is 2.30 bits per heavy atom. The Hall–Kier alpha value is -2.47. The van der Waals surface area contributed by atoms with Gasteiger partial charge in [0.15, 0.2) is 11.5 Å². The van der Waals surface area contributed by atoms with Crippen molar-refractivity contribution in [1.82, 2.24) is 10.3 Å². The van der Waals surface area contributed by atoms with Gasteiger partial charge in [0.2, 0.25) is 12.7 Å². The number of carbonyl (C=O) groups is 1. The van der Waals surface area contributed by atoms with Gasteiger partial charge in [-0.25, -0.2) is 4.98 Å². The van der Waals surface area contributed by atoms with Gasteiger partial charge in [-0.05, 0) is 25.1 Å². The molecule has 6 nitrogen and oxygen atoms in total. The molecule has 23 heavy (non-hydrogen) atoms. The first-order chi connectivity index (χ1) is 11.2. The number of nitrogens with one attached hydrogen (secondary N) is 1. The normalized spacial score (nSPS) is 12.1. The molecule has 1 aliphatic rings. The molecular weight excluding hydrogens is 320 g/mol. The van der Waals surface area contributed by atoms with Crippen LogP contribution in [0.1, 0.15) is 22.8 Å². The molecule has 0 bridgehead atoms. The highest BCUT2D eigenvalue weighted by molar-refractivity contribution is 6.32. The van der Waals surface area contributed by atoms with Gasteiger partial charge in [-0.3, -0.25) is 4.79 Å². The molecule has 3 rings (SSSR count). The average Bonchev–Trinajstić information content (AvgIpc) is 3.03. The zero-order valence-electron chi connectivity index (χ0n) is 12.5. The molecule has 0 radical (unpaired) electrons. The number of nitrogens with zero attached hydrogens (tertiary/aromatic N) is 1. The van der Waals surface area contributed by atoms with Crippen molar-refractivity contribution in [2.45, 2.75) is 13.5 Å². The van der Waals surface area contributed by atoms with Crippen LogP contribution in [0.25, 0.3) is 0 Å². The van der Waals surface area contributed by atoms with E-state index in [0.717, 1.165) is 5.56 Å². The Kier molecular flexibility index (Phi) is 4.52. The fourth-order valence-electron chi connectivity index (χ4n) is 2.20. The number of ether oxygens (including phenoxy) is 3. The summed E-state index contributed by atoms with van der Waals surface area (Å²) in [5, 5.41) is 3.17. The van der Waals surface area contributed by atoms with Gasteiger partial charge in [0.05, 0.1) is 11.6 Å². The van der Waals surface area contributed by atoms with Gasteiger partial charge in [0.1, 0.15) is 0 Å². The zero-order chi connectivity index (χ0) is 16.2. The minimum absolute atomic E-state index is 0.105. The van der Waals surface area contributed by atoms with E-state index in [-0.39, 0.29) is 12.7 Å². The Balaban J connectivity index is 1.72. The number of amides is 1. The molecule has 2 aromatic rings. The van der Waals surface area contributed by atoms with Crippen LogP contribution in [-0.4, -0.2) is 24.3 Å². The first-order valence-corrected chi connectivity index (χ1v) is 7.51. The Bertz CT molecular complexity index is 736. The van der Waals surface area contributed by atoms with Crippen LogP contribution >= 0.6 is 11.6 Å². The van der Waals surface area contributed by atoms with E-state index >= 15 is 0 Å². The number of hydrogen-bond donors (Lipinski definition) is 1. The second kappa shape index (κ2) is 6.75. The van der Waals surface area contributed by atoms with Crippen molar-refractivity contribution in [2.75, 3.05) is 13.4 Å². The maximum absolute atomic E-state index is 12.3. The summed E-state index contributed by atoms with van der Waals surface area (Å²) in [6.45, 7) is 2.79. The SMILES string of the molecule is CCOc1ncccc1CNC(=O)c1cc(Cl)c2c(c1)OCO2. The summed E-state index contributed by atoms with van der Waals surface area (Å²) < 4.78 is 15.9. The maximum Gasteiger partial charge on any atom is 0.251 e. The summed E-state index contributed by atoms with van der Waals surface area (Å²) in [4.78, 5) is 16.5. The molecule has 1 amide bonds. The van der Waals surface area contributed by atoms with Crippen molar-refractivity contribution in [1.29, 1.82) is 0 Å². The monoisotopic (exact) mass is 334 g/mol. The first-order valence-electron chi connectivity index (χ1n) is 7.13. The van der Waals surface area contributed by atoms with Crippen LogP contribution in [0.5, 0.6) is 17.4 Å². The fourth-order valence-corrected chi connectivity index (χ4v) is 2.47. The Labute approximate surface area is 138 Å². The fraction of sp³-hybridized carbons (Fsp3) is 0.250. The van der Waals surface area contributed by atoms with Crippen molar-refractivity contribution in [3.63, 3.8) is 0 Å². The highest BCUT2D eigenvalue weighted by Crippen LogP contribution is 2.39. The average molecular weight is 335 g/mol. The highest BCUT2D eigenvalue weighted by Gasteiger charge is 2.20. The second-order valence-electron chi connectivity index (χ2n) is 4.78. The molecule has 0 fully saturated rings. The molecule has 0 aliphatic carbocycles. The highest BCUT2D eigenvalue weighted by atomic mass is 35.5. The summed E-state index contributed by atoms with van der Waals surface area (Å²) in [5.41, 5.74) is 1.20. The lowest BCUT2D eigenvalue weighted by Gasteiger charge is -2.10. The van der Waals surface area contributed by atoms with Crippen LogP contribution in [0.3, 0.4) is 0 Å². The zero-order valence-corrected chi connectivity index (χ0v) is 13.2. The number of pyridine rings is 1. The van der Waals surface area contributed by atoms with E-state index in [1.807, 2.05) is 13.0 Å². The summed E-state index contributed by atoms with van der Waals surface area (Å²) in [5.74, 6) is 1.18. The molecular formula is C16H15ClN2O4. The van der Waals surface area contributed by atoms with Crippen molar-refractivity contribution in [3.8, 4) is 17.4 Å². The number of hydrogen-bond acceptors (Lipinski definition) is 5. The van der Waals surface area contributed by atoms with E-state index in [0.29, 0.717) is 41.1 Å². The number of fused-ring (bicyclic) bond motifs is 1. The predicted molar refractivity (Wildman–Crippen MR) is 84.2 cm³/mol. The molecule has 0 spiro atoms. The van der Waals surface area contributed by atoms with Crippen LogP contribution in [-0.2, 0) is 6.54 Å². The largest absolute Gasteiger partial charge is 0.478 e. The van der Waals surface area contributed by atoms with Gasteiger partial charge < -0.3 is 19.5 Å². The Morgan fingerprint density at radius 1 is 1.43 bits per heavy atom. The minimum atomic E-state index is -0.267. The van der Waals surface area contributed by atoms with Crippen molar-refractivity contribution < 1.29 is 19.0 Å².